The van der Waals surface area contributed by atoms with Crippen molar-refractivity contribution in [2.24, 2.45) is 4.99 Å². The van der Waals surface area contributed by atoms with E-state index in [9.17, 15) is 4.79 Å². The van der Waals surface area contributed by atoms with Gasteiger partial charge in [-0.2, -0.15) is 0 Å². The predicted molar refractivity (Wildman–Crippen MR) is 120 cm³/mol. The minimum Gasteiger partial charge on any atom is -0.378 e. The fourth-order valence-electron chi connectivity index (χ4n) is 2.79. The number of hydrogen-bond donors (Lipinski definition) is 1. The van der Waals surface area contributed by atoms with E-state index >= 15 is 0 Å². The SMILES string of the molecule is CCCc1ccc(C(/C=C/C(C)OCC)=NCC(=O)N/C(C)=C/C(C)OC)cc1. The zero-order valence-corrected chi connectivity index (χ0v) is 18.7. The number of benzene rings is 1. The van der Waals surface area contributed by atoms with Crippen LogP contribution in [0.15, 0.2) is 53.2 Å². The lowest BCUT2D eigenvalue weighted by atomic mass is 10.0. The molecule has 1 amide bonds. The summed E-state index contributed by atoms with van der Waals surface area (Å²) in [6.45, 7) is 10.6. The van der Waals surface area contributed by atoms with Gasteiger partial charge in [0.15, 0.2) is 0 Å². The quantitative estimate of drug-likeness (QED) is 0.527. The van der Waals surface area contributed by atoms with Crippen LogP contribution in [0.25, 0.3) is 0 Å². The number of aliphatic imine (C=N–C) groups is 1. The highest BCUT2D eigenvalue weighted by Crippen LogP contribution is 2.10. The van der Waals surface area contributed by atoms with Crippen LogP contribution in [-0.4, -0.2) is 44.1 Å². The summed E-state index contributed by atoms with van der Waals surface area (Å²) in [5.41, 5.74) is 3.80. The lowest BCUT2D eigenvalue weighted by Gasteiger charge is -2.09. The number of carbonyl (C=O) groups excluding carboxylic acids is 1. The number of methoxy groups -OCH3 is 1. The highest BCUT2D eigenvalue weighted by atomic mass is 16.5. The number of ether oxygens (including phenoxy) is 2. The molecule has 1 N–H and O–H groups in total. The van der Waals surface area contributed by atoms with Crippen LogP contribution in [-0.2, 0) is 20.7 Å². The first-order valence-corrected chi connectivity index (χ1v) is 10.3. The maximum atomic E-state index is 12.3. The molecule has 5 nitrogen and oxygen atoms in total. The highest BCUT2D eigenvalue weighted by Gasteiger charge is 2.06. The molecule has 0 saturated carbocycles. The third-order valence-electron chi connectivity index (χ3n) is 4.33. The van der Waals surface area contributed by atoms with Gasteiger partial charge in [-0.1, -0.05) is 43.7 Å². The maximum Gasteiger partial charge on any atom is 0.245 e. The average molecular weight is 401 g/mol. The van der Waals surface area contributed by atoms with Crippen LogP contribution in [0.2, 0.25) is 0 Å². The molecule has 0 spiro atoms. The molecule has 0 heterocycles. The van der Waals surface area contributed by atoms with Crippen molar-refractivity contribution in [3.8, 4) is 0 Å². The molecule has 1 aromatic carbocycles. The summed E-state index contributed by atoms with van der Waals surface area (Å²) in [6, 6.07) is 8.35. The summed E-state index contributed by atoms with van der Waals surface area (Å²) in [4.78, 5) is 16.8. The summed E-state index contributed by atoms with van der Waals surface area (Å²) in [7, 11) is 1.63. The van der Waals surface area contributed by atoms with E-state index in [0.717, 1.165) is 29.8 Å². The van der Waals surface area contributed by atoms with E-state index in [1.54, 1.807) is 7.11 Å². The summed E-state index contributed by atoms with van der Waals surface area (Å²) < 4.78 is 10.7. The number of hydrogen-bond acceptors (Lipinski definition) is 4. The Morgan fingerprint density at radius 1 is 1.17 bits per heavy atom. The third-order valence-corrected chi connectivity index (χ3v) is 4.33. The minimum atomic E-state index is -0.159. The molecule has 0 aliphatic rings. The van der Waals surface area contributed by atoms with Crippen molar-refractivity contribution >= 4 is 11.6 Å². The molecular formula is C24H36N2O3. The monoisotopic (exact) mass is 400 g/mol. The van der Waals surface area contributed by atoms with E-state index in [2.05, 4.69) is 41.5 Å². The molecule has 29 heavy (non-hydrogen) atoms. The van der Waals surface area contributed by atoms with E-state index in [-0.39, 0.29) is 24.7 Å². The normalized spacial score (nSPS) is 14.8. The summed E-state index contributed by atoms with van der Waals surface area (Å²) in [5.74, 6) is -0.159. The second kappa shape index (κ2) is 13.9. The van der Waals surface area contributed by atoms with Gasteiger partial charge in [0, 0.05) is 19.4 Å². The molecule has 0 aliphatic heterocycles. The third kappa shape index (κ3) is 10.2. The van der Waals surface area contributed by atoms with Crippen LogP contribution in [0.5, 0.6) is 0 Å². The average Bonchev–Trinajstić information content (AvgIpc) is 2.69. The lowest BCUT2D eigenvalue weighted by Crippen LogP contribution is -2.25. The van der Waals surface area contributed by atoms with Gasteiger partial charge in [-0.15, -0.1) is 0 Å². The zero-order chi connectivity index (χ0) is 21.6. The molecule has 0 fully saturated rings. The first-order chi connectivity index (χ1) is 13.9. The Balaban J connectivity index is 2.94. The summed E-state index contributed by atoms with van der Waals surface area (Å²) in [6.07, 6.45) is 7.85. The fraction of sp³-hybridized carbons (Fsp3) is 0.500. The second-order valence-electron chi connectivity index (χ2n) is 7.01. The molecule has 0 aromatic heterocycles. The van der Waals surface area contributed by atoms with Gasteiger partial charge >= 0.3 is 0 Å². The number of allylic oxidation sites excluding steroid dienone is 2. The topological polar surface area (TPSA) is 59.9 Å². The van der Waals surface area contributed by atoms with Crippen LogP contribution < -0.4 is 5.32 Å². The number of nitrogens with one attached hydrogen (secondary N) is 1. The van der Waals surface area contributed by atoms with Gasteiger partial charge in [0.2, 0.25) is 5.91 Å². The van der Waals surface area contributed by atoms with Crippen molar-refractivity contribution in [2.45, 2.75) is 59.7 Å². The smallest absolute Gasteiger partial charge is 0.245 e. The first kappa shape index (κ1) is 24.8. The van der Waals surface area contributed by atoms with Gasteiger partial charge in [0.1, 0.15) is 6.54 Å². The molecule has 0 saturated heterocycles. The van der Waals surface area contributed by atoms with Crippen molar-refractivity contribution in [1.82, 2.24) is 5.32 Å². The number of carbonyl (C=O) groups is 1. The van der Waals surface area contributed by atoms with E-state index < -0.39 is 0 Å². The largest absolute Gasteiger partial charge is 0.378 e. The molecule has 1 rings (SSSR count). The highest BCUT2D eigenvalue weighted by molar-refractivity contribution is 6.09. The standard InChI is InChI=1S/C24H36N2O3/c1-7-9-21-11-13-22(14-12-21)23(15-10-19(4)29-8-2)25-17-24(27)26-18(3)16-20(5)28-6/h10-16,19-20H,7-9,17H2,1-6H3,(H,26,27)/b15-10+,18-16+,25-23?. The van der Waals surface area contributed by atoms with Crippen LogP contribution in [0, 0.1) is 0 Å². The second-order valence-corrected chi connectivity index (χ2v) is 7.01. The molecule has 0 aliphatic carbocycles. The molecule has 0 radical (unpaired) electrons. The Bertz CT molecular complexity index is 705. The summed E-state index contributed by atoms with van der Waals surface area (Å²) in [5, 5.41) is 2.85. The van der Waals surface area contributed by atoms with Crippen molar-refractivity contribution < 1.29 is 14.3 Å². The number of rotatable bonds is 12. The molecule has 5 heteroatoms. The Morgan fingerprint density at radius 3 is 2.45 bits per heavy atom. The van der Waals surface area contributed by atoms with E-state index in [1.165, 1.54) is 5.56 Å². The van der Waals surface area contributed by atoms with Crippen LogP contribution >= 0.6 is 0 Å². The van der Waals surface area contributed by atoms with Gasteiger partial charge in [-0.3, -0.25) is 9.79 Å². The fourth-order valence-corrected chi connectivity index (χ4v) is 2.79. The van der Waals surface area contributed by atoms with Crippen LogP contribution in [0.4, 0.5) is 0 Å². The van der Waals surface area contributed by atoms with Gasteiger partial charge in [-0.05, 0) is 57.4 Å². The minimum absolute atomic E-state index is 0.0147. The zero-order valence-electron chi connectivity index (χ0n) is 18.7. The van der Waals surface area contributed by atoms with Crippen molar-refractivity contribution in [2.75, 3.05) is 20.3 Å². The van der Waals surface area contributed by atoms with Crippen molar-refractivity contribution in [3.05, 3.63) is 59.3 Å². The Morgan fingerprint density at radius 2 is 1.86 bits per heavy atom. The van der Waals surface area contributed by atoms with Gasteiger partial charge in [-0.25, -0.2) is 0 Å². The van der Waals surface area contributed by atoms with Crippen molar-refractivity contribution in [3.63, 3.8) is 0 Å². The van der Waals surface area contributed by atoms with Gasteiger partial charge < -0.3 is 14.8 Å². The maximum absolute atomic E-state index is 12.3. The van der Waals surface area contributed by atoms with Gasteiger partial charge in [0.05, 0.1) is 17.9 Å². The van der Waals surface area contributed by atoms with Crippen molar-refractivity contribution in [1.29, 1.82) is 0 Å². The number of amides is 1. The molecule has 2 atom stereocenters. The van der Waals surface area contributed by atoms with Gasteiger partial charge in [0.25, 0.3) is 0 Å². The molecular weight excluding hydrogens is 364 g/mol. The first-order valence-electron chi connectivity index (χ1n) is 10.3. The number of nitrogens with zero attached hydrogens (tertiary/aromatic N) is 1. The van der Waals surface area contributed by atoms with E-state index in [1.807, 2.05) is 45.9 Å². The Kier molecular flexibility index (Phi) is 11.8. The molecule has 1 aromatic rings. The Hall–Kier alpha value is -2.24. The van der Waals surface area contributed by atoms with Crippen LogP contribution in [0.3, 0.4) is 0 Å². The van der Waals surface area contributed by atoms with E-state index in [4.69, 9.17) is 9.47 Å². The molecule has 160 valence electrons. The Labute approximate surface area is 175 Å². The molecule has 2 unspecified atom stereocenters. The van der Waals surface area contributed by atoms with Crippen LogP contribution in [0.1, 0.15) is 52.2 Å². The number of aryl methyl sites for hydroxylation is 1. The molecule has 0 bridgehead atoms. The summed E-state index contributed by atoms with van der Waals surface area (Å²) >= 11 is 0. The van der Waals surface area contributed by atoms with E-state index in [0.29, 0.717) is 6.61 Å². The predicted octanol–water partition coefficient (Wildman–Crippen LogP) is 4.46. The lowest BCUT2D eigenvalue weighted by molar-refractivity contribution is -0.118.